The standard InChI is InChI=1S/C11H17ClN4O/c1-13-8-4-3-5-16(7-8)9-6-14-15(2)11(17)10(9)12/h6,8,13H,3-5,7H2,1-2H3. The molecule has 0 bridgehead atoms. The van der Waals surface area contributed by atoms with Crippen LogP contribution in [-0.2, 0) is 7.05 Å². The van der Waals surface area contributed by atoms with E-state index in [2.05, 4.69) is 15.3 Å². The Balaban J connectivity index is 2.28. The Kier molecular flexibility index (Phi) is 3.69. The third-order valence-electron chi connectivity index (χ3n) is 3.23. The van der Waals surface area contributed by atoms with Gasteiger partial charge in [0, 0.05) is 26.2 Å². The highest BCUT2D eigenvalue weighted by Crippen LogP contribution is 2.24. The number of hydrogen-bond donors (Lipinski definition) is 1. The van der Waals surface area contributed by atoms with Gasteiger partial charge in [-0.15, -0.1) is 0 Å². The molecule has 0 saturated carbocycles. The monoisotopic (exact) mass is 256 g/mol. The number of halogens is 1. The first-order chi connectivity index (χ1) is 8.13. The molecule has 5 nitrogen and oxygen atoms in total. The number of rotatable bonds is 2. The normalized spacial score (nSPS) is 20.6. The van der Waals surface area contributed by atoms with Crippen LogP contribution in [-0.4, -0.2) is 36.0 Å². The molecule has 0 spiro atoms. The first-order valence-corrected chi connectivity index (χ1v) is 6.15. The second-order valence-electron chi connectivity index (χ2n) is 4.35. The molecule has 94 valence electrons. The van der Waals surface area contributed by atoms with Gasteiger partial charge in [-0.1, -0.05) is 11.6 Å². The van der Waals surface area contributed by atoms with Gasteiger partial charge in [-0.2, -0.15) is 5.10 Å². The van der Waals surface area contributed by atoms with Gasteiger partial charge in [0.2, 0.25) is 0 Å². The summed E-state index contributed by atoms with van der Waals surface area (Å²) in [6.45, 7) is 1.79. The average Bonchev–Trinajstić information content (AvgIpc) is 2.36. The van der Waals surface area contributed by atoms with Gasteiger partial charge in [-0.05, 0) is 19.9 Å². The zero-order valence-electron chi connectivity index (χ0n) is 10.1. The van der Waals surface area contributed by atoms with Gasteiger partial charge in [-0.3, -0.25) is 4.79 Å². The number of hydrogen-bond acceptors (Lipinski definition) is 4. The van der Waals surface area contributed by atoms with Gasteiger partial charge in [0.25, 0.3) is 5.56 Å². The van der Waals surface area contributed by atoms with Crippen LogP contribution >= 0.6 is 11.6 Å². The third kappa shape index (κ3) is 2.45. The molecule has 2 heterocycles. The molecule has 1 aliphatic rings. The van der Waals surface area contributed by atoms with Crippen molar-refractivity contribution in [3.63, 3.8) is 0 Å². The molecule has 6 heteroatoms. The molecule has 0 radical (unpaired) electrons. The zero-order valence-corrected chi connectivity index (χ0v) is 10.9. The Bertz CT molecular complexity index is 459. The Hall–Kier alpha value is -1.07. The van der Waals surface area contributed by atoms with Crippen molar-refractivity contribution in [2.45, 2.75) is 18.9 Å². The van der Waals surface area contributed by atoms with E-state index in [1.165, 1.54) is 4.68 Å². The highest BCUT2D eigenvalue weighted by atomic mass is 35.5. The summed E-state index contributed by atoms with van der Waals surface area (Å²) in [6.07, 6.45) is 3.92. The van der Waals surface area contributed by atoms with Crippen LogP contribution in [0.2, 0.25) is 5.02 Å². The molecule has 0 aromatic carbocycles. The SMILES string of the molecule is CNC1CCCN(c2cnn(C)c(=O)c2Cl)C1. The van der Waals surface area contributed by atoms with Crippen LogP contribution in [0.4, 0.5) is 5.69 Å². The number of piperidine rings is 1. The maximum absolute atomic E-state index is 11.7. The second-order valence-corrected chi connectivity index (χ2v) is 4.72. The van der Waals surface area contributed by atoms with Gasteiger partial charge < -0.3 is 10.2 Å². The quantitative estimate of drug-likeness (QED) is 0.843. The Morgan fingerprint density at radius 2 is 2.35 bits per heavy atom. The van der Waals surface area contributed by atoms with Gasteiger partial charge in [0.1, 0.15) is 5.02 Å². The minimum atomic E-state index is -0.240. The lowest BCUT2D eigenvalue weighted by Crippen LogP contribution is -2.45. The predicted octanol–water partition coefficient (Wildman–Crippen LogP) is 0.622. The molecule has 1 aromatic heterocycles. The summed E-state index contributed by atoms with van der Waals surface area (Å²) in [5.41, 5.74) is 0.505. The largest absolute Gasteiger partial charge is 0.367 e. The molecule has 1 fully saturated rings. The predicted molar refractivity (Wildman–Crippen MR) is 68.8 cm³/mol. The first-order valence-electron chi connectivity index (χ1n) is 5.77. The van der Waals surface area contributed by atoms with E-state index < -0.39 is 0 Å². The Morgan fingerprint density at radius 3 is 3.06 bits per heavy atom. The molecule has 0 aliphatic carbocycles. The summed E-state index contributed by atoms with van der Waals surface area (Å²) in [6, 6.07) is 0.448. The summed E-state index contributed by atoms with van der Waals surface area (Å²) in [4.78, 5) is 13.8. The smallest absolute Gasteiger partial charge is 0.287 e. The number of nitrogens with zero attached hydrogens (tertiary/aromatic N) is 3. The van der Waals surface area contributed by atoms with Crippen molar-refractivity contribution in [3.05, 3.63) is 21.6 Å². The molecule has 1 aliphatic heterocycles. The van der Waals surface area contributed by atoms with Crippen LogP contribution in [0.1, 0.15) is 12.8 Å². The lowest BCUT2D eigenvalue weighted by molar-refractivity contribution is 0.449. The molecule has 1 aromatic rings. The molecule has 0 amide bonds. The van der Waals surface area contributed by atoms with E-state index in [-0.39, 0.29) is 10.6 Å². The highest BCUT2D eigenvalue weighted by molar-refractivity contribution is 6.33. The molecule has 1 N–H and O–H groups in total. The molecule has 1 saturated heterocycles. The van der Waals surface area contributed by atoms with Gasteiger partial charge in [0.05, 0.1) is 11.9 Å². The van der Waals surface area contributed by atoms with Crippen molar-refractivity contribution in [2.75, 3.05) is 25.0 Å². The molecule has 17 heavy (non-hydrogen) atoms. The van der Waals surface area contributed by atoms with E-state index in [1.807, 2.05) is 7.05 Å². The van der Waals surface area contributed by atoms with Crippen LogP contribution in [0.3, 0.4) is 0 Å². The van der Waals surface area contributed by atoms with Crippen LogP contribution in [0.25, 0.3) is 0 Å². The van der Waals surface area contributed by atoms with Crippen molar-refractivity contribution in [1.29, 1.82) is 0 Å². The molecule has 1 unspecified atom stereocenters. The maximum Gasteiger partial charge on any atom is 0.287 e. The fourth-order valence-electron chi connectivity index (χ4n) is 2.15. The topological polar surface area (TPSA) is 50.2 Å². The third-order valence-corrected chi connectivity index (χ3v) is 3.59. The van der Waals surface area contributed by atoms with Crippen LogP contribution < -0.4 is 15.8 Å². The lowest BCUT2D eigenvalue weighted by Gasteiger charge is -2.34. The summed E-state index contributed by atoms with van der Waals surface area (Å²) >= 11 is 6.09. The number of aromatic nitrogens is 2. The minimum absolute atomic E-state index is 0.240. The highest BCUT2D eigenvalue weighted by Gasteiger charge is 2.21. The Labute approximate surface area is 105 Å². The van der Waals surface area contributed by atoms with Crippen LogP contribution in [0.15, 0.2) is 11.0 Å². The van der Waals surface area contributed by atoms with Gasteiger partial charge in [-0.25, -0.2) is 4.68 Å². The minimum Gasteiger partial charge on any atom is -0.367 e. The van der Waals surface area contributed by atoms with E-state index in [1.54, 1.807) is 13.2 Å². The summed E-state index contributed by atoms with van der Waals surface area (Å²) < 4.78 is 1.26. The van der Waals surface area contributed by atoms with Crippen molar-refractivity contribution >= 4 is 17.3 Å². The number of aryl methyl sites for hydroxylation is 1. The Morgan fingerprint density at radius 1 is 1.59 bits per heavy atom. The number of likely N-dealkylation sites (N-methyl/N-ethyl adjacent to an activating group) is 1. The fourth-order valence-corrected chi connectivity index (χ4v) is 2.44. The number of anilines is 1. The summed E-state index contributed by atoms with van der Waals surface area (Å²) in [5, 5.41) is 7.55. The van der Waals surface area contributed by atoms with E-state index in [0.717, 1.165) is 31.6 Å². The molecule has 1 atom stereocenters. The molecular formula is C11H17ClN4O. The number of nitrogens with one attached hydrogen (secondary N) is 1. The van der Waals surface area contributed by atoms with Crippen molar-refractivity contribution in [2.24, 2.45) is 7.05 Å². The van der Waals surface area contributed by atoms with Crippen molar-refractivity contribution in [1.82, 2.24) is 15.1 Å². The lowest BCUT2D eigenvalue weighted by atomic mass is 10.1. The summed E-state index contributed by atoms with van der Waals surface area (Å²) in [5.74, 6) is 0. The second kappa shape index (κ2) is 5.06. The maximum atomic E-state index is 11.7. The van der Waals surface area contributed by atoms with Crippen molar-refractivity contribution < 1.29 is 0 Å². The van der Waals surface area contributed by atoms with E-state index in [9.17, 15) is 4.79 Å². The fraction of sp³-hybridized carbons (Fsp3) is 0.636. The first kappa shape index (κ1) is 12.4. The molecular weight excluding hydrogens is 240 g/mol. The zero-order chi connectivity index (χ0) is 12.4. The molecule has 2 rings (SSSR count). The van der Waals surface area contributed by atoms with Gasteiger partial charge >= 0.3 is 0 Å². The van der Waals surface area contributed by atoms with E-state index in [4.69, 9.17) is 11.6 Å². The van der Waals surface area contributed by atoms with E-state index >= 15 is 0 Å². The van der Waals surface area contributed by atoms with E-state index in [0.29, 0.717) is 6.04 Å². The summed E-state index contributed by atoms with van der Waals surface area (Å²) in [7, 11) is 3.56. The van der Waals surface area contributed by atoms with Crippen molar-refractivity contribution in [3.8, 4) is 0 Å². The van der Waals surface area contributed by atoms with Gasteiger partial charge in [0.15, 0.2) is 0 Å². The average molecular weight is 257 g/mol. The van der Waals surface area contributed by atoms with Crippen LogP contribution in [0, 0.1) is 0 Å². The van der Waals surface area contributed by atoms with Crippen LogP contribution in [0.5, 0.6) is 0 Å².